The van der Waals surface area contributed by atoms with Gasteiger partial charge in [0, 0.05) is 19.8 Å². The third-order valence-corrected chi connectivity index (χ3v) is 3.28. The molecule has 0 fully saturated rings. The Morgan fingerprint density at radius 1 is 1.20 bits per heavy atom. The summed E-state index contributed by atoms with van der Waals surface area (Å²) in [5, 5.41) is 3.01. The average molecular weight is 272 g/mol. The Balaban J connectivity index is 2.39. The number of methoxy groups -OCH3 is 1. The second kappa shape index (κ2) is 6.23. The summed E-state index contributed by atoms with van der Waals surface area (Å²) in [6.07, 6.45) is 2.56. The van der Waals surface area contributed by atoms with Crippen LogP contribution in [0.5, 0.6) is 5.75 Å². The summed E-state index contributed by atoms with van der Waals surface area (Å²) in [5.41, 5.74) is 2.37. The maximum atomic E-state index is 5.43. The van der Waals surface area contributed by atoms with Crippen LogP contribution in [0.3, 0.4) is 0 Å². The van der Waals surface area contributed by atoms with Gasteiger partial charge in [-0.05, 0) is 24.1 Å². The van der Waals surface area contributed by atoms with Crippen molar-refractivity contribution in [3.8, 4) is 5.75 Å². The molecule has 0 saturated heterocycles. The van der Waals surface area contributed by atoms with Gasteiger partial charge in [0.15, 0.2) is 11.6 Å². The first-order chi connectivity index (χ1) is 9.71. The molecule has 5 heteroatoms. The molecule has 0 unspecified atom stereocenters. The zero-order chi connectivity index (χ0) is 14.5. The number of benzene rings is 1. The molecule has 1 aromatic heterocycles. The molecule has 0 atom stereocenters. The number of nitrogens with one attached hydrogen (secondary N) is 1. The highest BCUT2D eigenvalue weighted by molar-refractivity contribution is 5.70. The van der Waals surface area contributed by atoms with Crippen LogP contribution in [0.1, 0.15) is 12.5 Å². The number of aromatic nitrogens is 2. The largest absolute Gasteiger partial charge is 0.490 e. The highest BCUT2D eigenvalue weighted by Crippen LogP contribution is 2.34. The molecule has 0 radical (unpaired) electrons. The molecule has 0 aliphatic rings. The Bertz CT molecular complexity index is 569. The number of hydrogen-bond donors (Lipinski definition) is 1. The fourth-order valence-electron chi connectivity index (χ4n) is 2.05. The summed E-state index contributed by atoms with van der Waals surface area (Å²) in [6, 6.07) is 8.41. The minimum Gasteiger partial charge on any atom is -0.490 e. The number of rotatable bonds is 5. The third kappa shape index (κ3) is 2.66. The molecule has 0 saturated carbocycles. The van der Waals surface area contributed by atoms with Gasteiger partial charge in [-0.15, -0.1) is 0 Å². The Morgan fingerprint density at radius 3 is 2.45 bits per heavy atom. The normalized spacial score (nSPS) is 10.2. The van der Waals surface area contributed by atoms with E-state index >= 15 is 0 Å². The van der Waals surface area contributed by atoms with Crippen molar-refractivity contribution in [3.05, 3.63) is 36.2 Å². The van der Waals surface area contributed by atoms with E-state index in [-0.39, 0.29) is 0 Å². The standard InChI is InChI=1S/C15H20N4O/c1-5-11-6-8-12(9-7-11)19(3)15-13(20-4)14(16-2)17-10-18-15/h6-10H,5H2,1-4H3,(H,16,17,18). The minimum absolute atomic E-state index is 0.636. The molecule has 2 aromatic rings. The molecule has 0 spiro atoms. The Hall–Kier alpha value is -2.30. The van der Waals surface area contributed by atoms with Crippen LogP contribution in [0.25, 0.3) is 0 Å². The zero-order valence-corrected chi connectivity index (χ0v) is 12.3. The summed E-state index contributed by atoms with van der Waals surface area (Å²) in [7, 11) is 5.40. The van der Waals surface area contributed by atoms with E-state index in [0.717, 1.165) is 17.9 Å². The van der Waals surface area contributed by atoms with E-state index in [1.807, 2.05) is 19.0 Å². The van der Waals surface area contributed by atoms with Gasteiger partial charge in [0.1, 0.15) is 6.33 Å². The van der Waals surface area contributed by atoms with Gasteiger partial charge in [-0.2, -0.15) is 0 Å². The van der Waals surface area contributed by atoms with Gasteiger partial charge in [-0.3, -0.25) is 0 Å². The highest BCUT2D eigenvalue weighted by Gasteiger charge is 2.16. The lowest BCUT2D eigenvalue weighted by atomic mass is 10.1. The molecule has 0 aliphatic carbocycles. The lowest BCUT2D eigenvalue weighted by molar-refractivity contribution is 0.414. The number of ether oxygens (including phenoxy) is 1. The summed E-state index contributed by atoms with van der Waals surface area (Å²) < 4.78 is 5.43. The van der Waals surface area contributed by atoms with Gasteiger partial charge >= 0.3 is 0 Å². The van der Waals surface area contributed by atoms with Gasteiger partial charge < -0.3 is 15.0 Å². The van der Waals surface area contributed by atoms with Crippen molar-refractivity contribution >= 4 is 17.3 Å². The Labute approximate surface area is 119 Å². The lowest BCUT2D eigenvalue weighted by Crippen LogP contribution is -2.14. The van der Waals surface area contributed by atoms with Gasteiger partial charge in [0.05, 0.1) is 7.11 Å². The molecule has 5 nitrogen and oxygen atoms in total. The fourth-order valence-corrected chi connectivity index (χ4v) is 2.05. The molecular formula is C15H20N4O. The molecule has 1 aromatic carbocycles. The molecule has 0 bridgehead atoms. The van der Waals surface area contributed by atoms with Crippen LogP contribution >= 0.6 is 0 Å². The van der Waals surface area contributed by atoms with Crippen molar-refractivity contribution in [1.82, 2.24) is 9.97 Å². The fraction of sp³-hybridized carbons (Fsp3) is 0.333. The predicted octanol–water partition coefficient (Wildman–Crippen LogP) is 2.86. The van der Waals surface area contributed by atoms with Crippen molar-refractivity contribution in [1.29, 1.82) is 0 Å². The van der Waals surface area contributed by atoms with E-state index in [1.165, 1.54) is 11.9 Å². The van der Waals surface area contributed by atoms with E-state index in [4.69, 9.17) is 4.74 Å². The lowest BCUT2D eigenvalue weighted by Gasteiger charge is -2.21. The van der Waals surface area contributed by atoms with Gasteiger partial charge in [0.25, 0.3) is 0 Å². The van der Waals surface area contributed by atoms with Gasteiger partial charge in [-0.1, -0.05) is 19.1 Å². The van der Waals surface area contributed by atoms with E-state index in [1.54, 1.807) is 7.11 Å². The number of aryl methyl sites for hydroxylation is 1. The van der Waals surface area contributed by atoms with Crippen molar-refractivity contribution in [2.75, 3.05) is 31.4 Å². The van der Waals surface area contributed by atoms with Crippen molar-refractivity contribution in [2.45, 2.75) is 13.3 Å². The Morgan fingerprint density at radius 2 is 1.90 bits per heavy atom. The smallest absolute Gasteiger partial charge is 0.204 e. The predicted molar refractivity (Wildman–Crippen MR) is 82.0 cm³/mol. The summed E-state index contributed by atoms with van der Waals surface area (Å²) >= 11 is 0. The van der Waals surface area contributed by atoms with E-state index in [0.29, 0.717) is 11.6 Å². The van der Waals surface area contributed by atoms with Crippen molar-refractivity contribution in [2.24, 2.45) is 0 Å². The molecule has 0 aliphatic heterocycles. The average Bonchev–Trinajstić information content (AvgIpc) is 2.53. The van der Waals surface area contributed by atoms with Crippen LogP contribution < -0.4 is 15.0 Å². The molecule has 1 N–H and O–H groups in total. The van der Waals surface area contributed by atoms with Crippen LogP contribution in [-0.2, 0) is 6.42 Å². The molecule has 1 heterocycles. The highest BCUT2D eigenvalue weighted by atomic mass is 16.5. The zero-order valence-electron chi connectivity index (χ0n) is 12.3. The van der Waals surface area contributed by atoms with Crippen LogP contribution in [-0.4, -0.2) is 31.2 Å². The van der Waals surface area contributed by atoms with Gasteiger partial charge in [-0.25, -0.2) is 9.97 Å². The Kier molecular flexibility index (Phi) is 4.40. The number of nitrogens with zero attached hydrogens (tertiary/aromatic N) is 3. The second-order valence-corrected chi connectivity index (χ2v) is 4.41. The molecule has 106 valence electrons. The third-order valence-electron chi connectivity index (χ3n) is 3.28. The number of hydrogen-bond acceptors (Lipinski definition) is 5. The van der Waals surface area contributed by atoms with Crippen molar-refractivity contribution in [3.63, 3.8) is 0 Å². The number of anilines is 3. The maximum Gasteiger partial charge on any atom is 0.204 e. The summed E-state index contributed by atoms with van der Waals surface area (Å²) in [5.74, 6) is 2.04. The first-order valence-electron chi connectivity index (χ1n) is 6.60. The molecule has 0 amide bonds. The van der Waals surface area contributed by atoms with Crippen LogP contribution in [0.15, 0.2) is 30.6 Å². The van der Waals surface area contributed by atoms with E-state index in [2.05, 4.69) is 46.5 Å². The SMILES string of the molecule is CCc1ccc(N(C)c2ncnc(NC)c2OC)cc1. The summed E-state index contributed by atoms with van der Waals surface area (Å²) in [4.78, 5) is 10.5. The minimum atomic E-state index is 0.636. The summed E-state index contributed by atoms with van der Waals surface area (Å²) in [6.45, 7) is 2.14. The van der Waals surface area contributed by atoms with Gasteiger partial charge in [0.2, 0.25) is 5.75 Å². The maximum absolute atomic E-state index is 5.43. The molecular weight excluding hydrogens is 252 g/mol. The molecule has 2 rings (SSSR count). The van der Waals surface area contributed by atoms with E-state index in [9.17, 15) is 0 Å². The molecule has 20 heavy (non-hydrogen) atoms. The van der Waals surface area contributed by atoms with Crippen LogP contribution in [0, 0.1) is 0 Å². The van der Waals surface area contributed by atoms with Crippen LogP contribution in [0.4, 0.5) is 17.3 Å². The van der Waals surface area contributed by atoms with E-state index < -0.39 is 0 Å². The topological polar surface area (TPSA) is 50.3 Å². The monoisotopic (exact) mass is 272 g/mol. The van der Waals surface area contributed by atoms with Crippen molar-refractivity contribution < 1.29 is 4.74 Å². The first kappa shape index (κ1) is 14.1. The first-order valence-corrected chi connectivity index (χ1v) is 6.60. The quantitative estimate of drug-likeness (QED) is 0.907. The van der Waals surface area contributed by atoms with Crippen LogP contribution in [0.2, 0.25) is 0 Å². The second-order valence-electron chi connectivity index (χ2n) is 4.41.